The number of aryl methyl sites for hydroxylation is 2. The number of nitrogens with one attached hydrogen (secondary N) is 2. The van der Waals surface area contributed by atoms with Crippen molar-refractivity contribution in [2.45, 2.75) is 19.8 Å². The molecule has 0 aliphatic heterocycles. The standard InChI is InChI=1S/C13H18N2/c1-10-5-6-11-9-12(4-3-7-14-2)15-13(11)8-10/h5-6,8-9,14-15H,3-4,7H2,1-2H3. The Morgan fingerprint density at radius 2 is 2.13 bits per heavy atom. The molecular formula is C13H18N2. The van der Waals surface area contributed by atoms with E-state index in [2.05, 4.69) is 41.5 Å². The fourth-order valence-electron chi connectivity index (χ4n) is 1.89. The van der Waals surface area contributed by atoms with Crippen molar-refractivity contribution in [1.29, 1.82) is 0 Å². The monoisotopic (exact) mass is 202 g/mol. The van der Waals surface area contributed by atoms with Gasteiger partial charge in [-0.3, -0.25) is 0 Å². The zero-order valence-electron chi connectivity index (χ0n) is 9.43. The highest BCUT2D eigenvalue weighted by molar-refractivity contribution is 5.81. The van der Waals surface area contributed by atoms with E-state index in [0.717, 1.165) is 13.0 Å². The summed E-state index contributed by atoms with van der Waals surface area (Å²) in [6, 6.07) is 8.80. The van der Waals surface area contributed by atoms with Crippen molar-refractivity contribution in [3.8, 4) is 0 Å². The van der Waals surface area contributed by atoms with E-state index in [1.807, 2.05) is 7.05 Å². The van der Waals surface area contributed by atoms with E-state index in [9.17, 15) is 0 Å². The van der Waals surface area contributed by atoms with E-state index >= 15 is 0 Å². The van der Waals surface area contributed by atoms with Gasteiger partial charge in [0.15, 0.2) is 0 Å². The van der Waals surface area contributed by atoms with Gasteiger partial charge in [0.25, 0.3) is 0 Å². The minimum Gasteiger partial charge on any atom is -0.358 e. The third kappa shape index (κ3) is 2.39. The summed E-state index contributed by atoms with van der Waals surface area (Å²) in [5.74, 6) is 0. The zero-order chi connectivity index (χ0) is 10.7. The van der Waals surface area contributed by atoms with Crippen molar-refractivity contribution in [2.75, 3.05) is 13.6 Å². The van der Waals surface area contributed by atoms with Gasteiger partial charge >= 0.3 is 0 Å². The maximum Gasteiger partial charge on any atom is 0.0458 e. The third-order valence-electron chi connectivity index (χ3n) is 2.71. The second kappa shape index (κ2) is 4.49. The van der Waals surface area contributed by atoms with E-state index < -0.39 is 0 Å². The van der Waals surface area contributed by atoms with Gasteiger partial charge in [0, 0.05) is 11.2 Å². The lowest BCUT2D eigenvalue weighted by Crippen LogP contribution is -2.08. The fourth-order valence-corrected chi connectivity index (χ4v) is 1.89. The van der Waals surface area contributed by atoms with Crippen LogP contribution in [0.5, 0.6) is 0 Å². The Balaban J connectivity index is 2.16. The maximum absolute atomic E-state index is 3.47. The summed E-state index contributed by atoms with van der Waals surface area (Å²) >= 11 is 0. The molecule has 0 fully saturated rings. The van der Waals surface area contributed by atoms with Crippen molar-refractivity contribution < 1.29 is 0 Å². The Morgan fingerprint density at radius 1 is 1.27 bits per heavy atom. The van der Waals surface area contributed by atoms with Crippen LogP contribution in [0, 0.1) is 6.92 Å². The number of benzene rings is 1. The number of aromatic nitrogens is 1. The van der Waals surface area contributed by atoms with Crippen molar-refractivity contribution in [3.05, 3.63) is 35.5 Å². The normalized spacial score (nSPS) is 11.1. The molecule has 0 spiro atoms. The SMILES string of the molecule is CNCCCc1cc2ccc(C)cc2[nH]1. The van der Waals surface area contributed by atoms with Crippen LogP contribution in [-0.2, 0) is 6.42 Å². The lowest BCUT2D eigenvalue weighted by molar-refractivity contribution is 0.718. The summed E-state index contributed by atoms with van der Waals surface area (Å²) in [5.41, 5.74) is 3.91. The molecule has 0 saturated carbocycles. The van der Waals surface area contributed by atoms with Crippen LogP contribution in [0.3, 0.4) is 0 Å². The van der Waals surface area contributed by atoms with Crippen molar-refractivity contribution in [1.82, 2.24) is 10.3 Å². The van der Waals surface area contributed by atoms with E-state index in [1.165, 1.54) is 28.6 Å². The largest absolute Gasteiger partial charge is 0.358 e. The van der Waals surface area contributed by atoms with Gasteiger partial charge in [-0.15, -0.1) is 0 Å². The van der Waals surface area contributed by atoms with Crippen LogP contribution < -0.4 is 5.32 Å². The molecule has 2 N–H and O–H groups in total. The van der Waals surface area contributed by atoms with Gasteiger partial charge in [0.1, 0.15) is 0 Å². The average molecular weight is 202 g/mol. The Hall–Kier alpha value is -1.28. The lowest BCUT2D eigenvalue weighted by Gasteiger charge is -1.96. The number of H-pyrrole nitrogens is 1. The van der Waals surface area contributed by atoms with Crippen LogP contribution in [0.4, 0.5) is 0 Å². The van der Waals surface area contributed by atoms with Gasteiger partial charge in [-0.05, 0) is 56.4 Å². The van der Waals surface area contributed by atoms with Crippen LogP contribution in [-0.4, -0.2) is 18.6 Å². The summed E-state index contributed by atoms with van der Waals surface area (Å²) in [6.45, 7) is 3.20. The Labute approximate surface area is 90.7 Å². The molecule has 1 aromatic carbocycles. The van der Waals surface area contributed by atoms with Crippen molar-refractivity contribution in [2.24, 2.45) is 0 Å². The third-order valence-corrected chi connectivity index (χ3v) is 2.71. The average Bonchev–Trinajstić information content (AvgIpc) is 2.60. The van der Waals surface area contributed by atoms with Gasteiger partial charge in [0.05, 0.1) is 0 Å². The first-order valence-corrected chi connectivity index (χ1v) is 5.52. The van der Waals surface area contributed by atoms with Crippen molar-refractivity contribution in [3.63, 3.8) is 0 Å². The number of fused-ring (bicyclic) bond motifs is 1. The summed E-state index contributed by atoms with van der Waals surface area (Å²) in [4.78, 5) is 3.47. The number of rotatable bonds is 4. The number of hydrogen-bond donors (Lipinski definition) is 2. The molecule has 15 heavy (non-hydrogen) atoms. The quantitative estimate of drug-likeness (QED) is 0.733. The lowest BCUT2D eigenvalue weighted by atomic mass is 10.2. The van der Waals surface area contributed by atoms with E-state index in [-0.39, 0.29) is 0 Å². The summed E-state index contributed by atoms with van der Waals surface area (Å²) in [5, 5.41) is 4.49. The highest BCUT2D eigenvalue weighted by Gasteiger charge is 2.00. The summed E-state index contributed by atoms with van der Waals surface area (Å²) < 4.78 is 0. The van der Waals surface area contributed by atoms with Crippen LogP contribution >= 0.6 is 0 Å². The molecule has 80 valence electrons. The molecule has 0 aliphatic carbocycles. The predicted molar refractivity (Wildman–Crippen MR) is 65.3 cm³/mol. The van der Waals surface area contributed by atoms with Crippen LogP contribution in [0.2, 0.25) is 0 Å². The minimum atomic E-state index is 1.08. The first-order valence-electron chi connectivity index (χ1n) is 5.52. The van der Waals surface area contributed by atoms with Crippen LogP contribution in [0.1, 0.15) is 17.7 Å². The molecule has 2 nitrogen and oxygen atoms in total. The molecule has 0 radical (unpaired) electrons. The van der Waals surface area contributed by atoms with E-state index in [1.54, 1.807) is 0 Å². The highest BCUT2D eigenvalue weighted by Crippen LogP contribution is 2.17. The summed E-state index contributed by atoms with van der Waals surface area (Å²) in [7, 11) is 1.99. The molecule has 0 atom stereocenters. The molecule has 2 heteroatoms. The van der Waals surface area contributed by atoms with Crippen molar-refractivity contribution >= 4 is 10.9 Å². The molecule has 1 aromatic heterocycles. The molecule has 2 rings (SSSR count). The van der Waals surface area contributed by atoms with Crippen LogP contribution in [0.25, 0.3) is 10.9 Å². The van der Waals surface area contributed by atoms with Gasteiger partial charge < -0.3 is 10.3 Å². The molecule has 0 unspecified atom stereocenters. The Kier molecular flexibility index (Phi) is 3.07. The number of hydrogen-bond acceptors (Lipinski definition) is 1. The van der Waals surface area contributed by atoms with Crippen LogP contribution in [0.15, 0.2) is 24.3 Å². The van der Waals surface area contributed by atoms with Gasteiger partial charge in [-0.25, -0.2) is 0 Å². The fraction of sp³-hybridized carbons (Fsp3) is 0.385. The van der Waals surface area contributed by atoms with E-state index in [4.69, 9.17) is 0 Å². The molecule has 1 heterocycles. The molecule has 0 saturated heterocycles. The molecule has 0 amide bonds. The Morgan fingerprint density at radius 3 is 2.93 bits per heavy atom. The second-order valence-corrected chi connectivity index (χ2v) is 4.09. The molecule has 0 aliphatic rings. The zero-order valence-corrected chi connectivity index (χ0v) is 9.43. The number of aromatic amines is 1. The molecule has 2 aromatic rings. The smallest absolute Gasteiger partial charge is 0.0458 e. The summed E-state index contributed by atoms with van der Waals surface area (Å²) in [6.07, 6.45) is 2.30. The topological polar surface area (TPSA) is 27.8 Å². The van der Waals surface area contributed by atoms with Gasteiger partial charge in [-0.1, -0.05) is 12.1 Å². The maximum atomic E-state index is 3.47. The predicted octanol–water partition coefficient (Wildman–Crippen LogP) is 2.63. The first kappa shape index (κ1) is 10.2. The van der Waals surface area contributed by atoms with E-state index in [0.29, 0.717) is 0 Å². The molecular weight excluding hydrogens is 184 g/mol. The molecule has 0 bridgehead atoms. The highest BCUT2D eigenvalue weighted by atomic mass is 14.8. The Bertz CT molecular complexity index is 443. The van der Waals surface area contributed by atoms with Gasteiger partial charge in [0.2, 0.25) is 0 Å². The second-order valence-electron chi connectivity index (χ2n) is 4.09. The van der Waals surface area contributed by atoms with Gasteiger partial charge in [-0.2, -0.15) is 0 Å². The minimum absolute atomic E-state index is 1.08. The first-order chi connectivity index (χ1) is 7.29.